The molecule has 1 atom stereocenters. The first-order valence-electron chi connectivity index (χ1n) is 9.62. The van der Waals surface area contributed by atoms with Crippen LogP contribution in [0.3, 0.4) is 0 Å². The van der Waals surface area contributed by atoms with Crippen LogP contribution >= 0.6 is 24.0 Å². The lowest BCUT2D eigenvalue weighted by atomic mass is 10.1. The summed E-state index contributed by atoms with van der Waals surface area (Å²) in [5.74, 6) is 1.87. The minimum atomic E-state index is 0. The average Bonchev–Trinajstić information content (AvgIpc) is 3.04. The van der Waals surface area contributed by atoms with E-state index in [0.717, 1.165) is 36.9 Å². The summed E-state index contributed by atoms with van der Waals surface area (Å²) in [5.41, 5.74) is 1.06. The second kappa shape index (κ2) is 15.0. The molecule has 0 saturated heterocycles. The van der Waals surface area contributed by atoms with Crippen molar-refractivity contribution in [1.82, 2.24) is 25.4 Å². The van der Waals surface area contributed by atoms with Gasteiger partial charge < -0.3 is 15.2 Å². The van der Waals surface area contributed by atoms with Crippen LogP contribution in [0.4, 0.5) is 0 Å². The van der Waals surface area contributed by atoms with Gasteiger partial charge in [0.15, 0.2) is 5.96 Å². The van der Waals surface area contributed by atoms with E-state index < -0.39 is 0 Å². The van der Waals surface area contributed by atoms with Crippen LogP contribution in [0.15, 0.2) is 23.5 Å². The van der Waals surface area contributed by atoms with Crippen molar-refractivity contribution in [3.05, 3.63) is 24.3 Å². The highest BCUT2D eigenvalue weighted by molar-refractivity contribution is 14.0. The van der Waals surface area contributed by atoms with Crippen LogP contribution in [0.1, 0.15) is 65.6 Å². The number of aryl methyl sites for hydroxylation is 1. The second-order valence-corrected chi connectivity index (χ2v) is 6.74. The SMILES string of the molecule is C=C(C)CN=C(NCCn1cnnc1CC)NC(C)CCCCCC.I. The van der Waals surface area contributed by atoms with E-state index in [4.69, 9.17) is 0 Å². The lowest BCUT2D eigenvalue weighted by molar-refractivity contribution is 0.534. The molecule has 0 amide bonds. The zero-order chi connectivity index (χ0) is 18.5. The van der Waals surface area contributed by atoms with Gasteiger partial charge in [0, 0.05) is 25.6 Å². The Morgan fingerprint density at radius 3 is 2.73 bits per heavy atom. The number of halogens is 1. The molecule has 7 heteroatoms. The summed E-state index contributed by atoms with van der Waals surface area (Å²) in [6.45, 7) is 14.8. The summed E-state index contributed by atoms with van der Waals surface area (Å²) < 4.78 is 2.08. The first-order valence-corrected chi connectivity index (χ1v) is 9.62. The fourth-order valence-corrected chi connectivity index (χ4v) is 2.58. The predicted octanol–water partition coefficient (Wildman–Crippen LogP) is 3.93. The third-order valence-electron chi connectivity index (χ3n) is 4.04. The number of nitrogens with zero attached hydrogens (tertiary/aromatic N) is 4. The molecule has 1 aromatic heterocycles. The van der Waals surface area contributed by atoms with Crippen LogP contribution in [0.2, 0.25) is 0 Å². The summed E-state index contributed by atoms with van der Waals surface area (Å²) in [5, 5.41) is 15.0. The van der Waals surface area contributed by atoms with E-state index in [0.29, 0.717) is 12.6 Å². The molecule has 0 radical (unpaired) electrons. The maximum atomic E-state index is 4.62. The third kappa shape index (κ3) is 10.8. The Labute approximate surface area is 176 Å². The molecule has 0 fully saturated rings. The standard InChI is InChI=1S/C19H36N6.HI/c1-6-8-9-10-11-17(5)23-19(21-14-16(3)4)20-12-13-25-15-22-24-18(25)7-2;/h15,17H,3,6-14H2,1-2,4-5H3,(H2,20,21,23);1H. The molecule has 1 unspecified atom stereocenters. The van der Waals surface area contributed by atoms with Gasteiger partial charge in [-0.2, -0.15) is 0 Å². The monoisotopic (exact) mass is 476 g/mol. The number of nitrogens with one attached hydrogen (secondary N) is 2. The van der Waals surface area contributed by atoms with Crippen molar-refractivity contribution in [2.24, 2.45) is 4.99 Å². The molecule has 26 heavy (non-hydrogen) atoms. The second-order valence-electron chi connectivity index (χ2n) is 6.74. The van der Waals surface area contributed by atoms with Gasteiger partial charge in [0.1, 0.15) is 12.2 Å². The molecule has 0 aliphatic carbocycles. The number of aliphatic imine (C=N–C) groups is 1. The predicted molar refractivity (Wildman–Crippen MR) is 121 cm³/mol. The van der Waals surface area contributed by atoms with Crippen molar-refractivity contribution >= 4 is 29.9 Å². The average molecular weight is 476 g/mol. The van der Waals surface area contributed by atoms with Crippen molar-refractivity contribution in [1.29, 1.82) is 0 Å². The van der Waals surface area contributed by atoms with Crippen molar-refractivity contribution < 1.29 is 0 Å². The van der Waals surface area contributed by atoms with E-state index >= 15 is 0 Å². The first-order chi connectivity index (χ1) is 12.1. The summed E-state index contributed by atoms with van der Waals surface area (Å²) in [6, 6.07) is 0.411. The fourth-order valence-electron chi connectivity index (χ4n) is 2.58. The molecule has 0 aromatic carbocycles. The van der Waals surface area contributed by atoms with Gasteiger partial charge in [-0.15, -0.1) is 34.2 Å². The number of hydrogen-bond acceptors (Lipinski definition) is 3. The molecule has 2 N–H and O–H groups in total. The smallest absolute Gasteiger partial charge is 0.191 e. The Hall–Kier alpha value is -1.12. The van der Waals surface area contributed by atoms with Gasteiger partial charge in [0.2, 0.25) is 0 Å². The van der Waals surface area contributed by atoms with Gasteiger partial charge >= 0.3 is 0 Å². The van der Waals surface area contributed by atoms with Crippen LogP contribution in [0, 0.1) is 0 Å². The minimum absolute atomic E-state index is 0. The minimum Gasteiger partial charge on any atom is -0.355 e. The van der Waals surface area contributed by atoms with Gasteiger partial charge in [-0.1, -0.05) is 51.7 Å². The van der Waals surface area contributed by atoms with Crippen LogP contribution in [-0.2, 0) is 13.0 Å². The lowest BCUT2D eigenvalue weighted by Gasteiger charge is -2.19. The van der Waals surface area contributed by atoms with Gasteiger partial charge in [-0.25, -0.2) is 4.99 Å². The van der Waals surface area contributed by atoms with Crippen LogP contribution in [-0.4, -0.2) is 39.9 Å². The van der Waals surface area contributed by atoms with Crippen LogP contribution in [0.5, 0.6) is 0 Å². The van der Waals surface area contributed by atoms with E-state index in [-0.39, 0.29) is 24.0 Å². The largest absolute Gasteiger partial charge is 0.355 e. The zero-order valence-electron chi connectivity index (χ0n) is 16.9. The third-order valence-corrected chi connectivity index (χ3v) is 4.04. The molecule has 1 aromatic rings. The van der Waals surface area contributed by atoms with Crippen LogP contribution < -0.4 is 10.6 Å². The lowest BCUT2D eigenvalue weighted by Crippen LogP contribution is -2.43. The zero-order valence-corrected chi connectivity index (χ0v) is 19.3. The van der Waals surface area contributed by atoms with Gasteiger partial charge in [0.25, 0.3) is 0 Å². The number of hydrogen-bond donors (Lipinski definition) is 2. The first kappa shape index (κ1) is 24.9. The van der Waals surface area contributed by atoms with E-state index in [1.54, 1.807) is 6.33 Å². The van der Waals surface area contributed by atoms with E-state index in [1.165, 1.54) is 32.1 Å². The van der Waals surface area contributed by atoms with Crippen molar-refractivity contribution in [3.63, 3.8) is 0 Å². The molecule has 0 aliphatic rings. The molecule has 0 saturated carbocycles. The van der Waals surface area contributed by atoms with Gasteiger partial charge in [0.05, 0.1) is 6.54 Å². The molecule has 1 heterocycles. The molecular formula is C19H37IN6. The summed E-state index contributed by atoms with van der Waals surface area (Å²) in [7, 11) is 0. The Bertz CT molecular complexity index is 526. The van der Waals surface area contributed by atoms with E-state index in [2.05, 4.69) is 57.7 Å². The molecule has 1 rings (SSSR count). The Morgan fingerprint density at radius 2 is 2.08 bits per heavy atom. The Balaban J connectivity index is 0.00000625. The Morgan fingerprint density at radius 1 is 1.31 bits per heavy atom. The van der Waals surface area contributed by atoms with Crippen molar-refractivity contribution in [3.8, 4) is 0 Å². The molecule has 150 valence electrons. The molecule has 0 aliphatic heterocycles. The molecular weight excluding hydrogens is 439 g/mol. The van der Waals surface area contributed by atoms with Crippen molar-refractivity contribution in [2.75, 3.05) is 13.1 Å². The summed E-state index contributed by atoms with van der Waals surface area (Å²) in [4.78, 5) is 4.62. The maximum absolute atomic E-state index is 4.62. The number of unbranched alkanes of at least 4 members (excludes halogenated alkanes) is 3. The fraction of sp³-hybridized carbons (Fsp3) is 0.737. The van der Waals surface area contributed by atoms with Gasteiger partial charge in [-0.3, -0.25) is 0 Å². The maximum Gasteiger partial charge on any atom is 0.191 e. The van der Waals surface area contributed by atoms with Crippen LogP contribution in [0.25, 0.3) is 0 Å². The number of aromatic nitrogens is 3. The molecule has 0 bridgehead atoms. The van der Waals surface area contributed by atoms with Crippen molar-refractivity contribution in [2.45, 2.75) is 78.8 Å². The number of rotatable bonds is 12. The molecule has 6 nitrogen and oxygen atoms in total. The Kier molecular flexibility index (Phi) is 14.3. The highest BCUT2D eigenvalue weighted by Gasteiger charge is 2.06. The van der Waals surface area contributed by atoms with E-state index in [9.17, 15) is 0 Å². The van der Waals surface area contributed by atoms with Gasteiger partial charge in [-0.05, 0) is 20.3 Å². The molecule has 0 spiro atoms. The highest BCUT2D eigenvalue weighted by Crippen LogP contribution is 2.05. The highest BCUT2D eigenvalue weighted by atomic mass is 127. The topological polar surface area (TPSA) is 67.1 Å². The quantitative estimate of drug-likeness (QED) is 0.158. The normalized spacial score (nSPS) is 12.4. The summed E-state index contributed by atoms with van der Waals surface area (Å²) >= 11 is 0. The van der Waals surface area contributed by atoms with E-state index in [1.807, 2.05) is 6.92 Å². The summed E-state index contributed by atoms with van der Waals surface area (Å²) in [6.07, 6.45) is 9.01. The number of guanidine groups is 1.